The predicted octanol–water partition coefficient (Wildman–Crippen LogP) is -0.187. The lowest BCUT2D eigenvalue weighted by Gasteiger charge is -2.07. The second-order valence-corrected chi connectivity index (χ2v) is 1.16. The van der Waals surface area contributed by atoms with E-state index >= 15 is 0 Å². The smallest absolute Gasteiger partial charge is 0.226 e. The maximum absolute atomic E-state index is 10.9. The van der Waals surface area contributed by atoms with Crippen LogP contribution in [0.25, 0.3) is 0 Å². The van der Waals surface area contributed by atoms with E-state index in [2.05, 4.69) is 0 Å². The van der Waals surface area contributed by atoms with Crippen molar-refractivity contribution >= 4 is 11.8 Å². The largest absolute Gasteiger partial charge is 0.296 e. The fourth-order valence-electron chi connectivity index (χ4n) is 0.310. The van der Waals surface area contributed by atoms with Gasteiger partial charge in [0.05, 0.1) is 0 Å². The Morgan fingerprint density at radius 2 is 1.88 bits per heavy atom. The number of imide groups is 1. The van der Waals surface area contributed by atoms with Crippen LogP contribution in [0, 0.1) is 0 Å². The van der Waals surface area contributed by atoms with E-state index in [9.17, 15) is 9.59 Å². The van der Waals surface area contributed by atoms with Gasteiger partial charge in [0, 0.05) is 21.0 Å². The van der Waals surface area contributed by atoms with Crippen LogP contribution in [0.4, 0.5) is 0 Å². The maximum atomic E-state index is 10.9. The molecule has 0 atom stereocenters. The molecule has 1 rings (SSSR count). The summed E-state index contributed by atoms with van der Waals surface area (Å²) in [5.74, 6) is -2.91. The van der Waals surface area contributed by atoms with E-state index in [4.69, 9.17) is 8.22 Å². The van der Waals surface area contributed by atoms with E-state index < -0.39 is 30.9 Å². The van der Waals surface area contributed by atoms with Gasteiger partial charge in [-0.25, -0.2) is 0 Å². The highest BCUT2D eigenvalue weighted by molar-refractivity contribution is 5.97. The number of hydrogen-bond donors (Lipinski definition) is 1. The number of carbonyl (C=O) groups excluding carboxylic acids is 2. The summed E-state index contributed by atoms with van der Waals surface area (Å²) in [6.45, 7) is 0. The Morgan fingerprint density at radius 3 is 2.38 bits per heavy atom. The Hall–Kier alpha value is -0.860. The van der Waals surface area contributed by atoms with E-state index in [0.717, 1.165) is 0 Å². The van der Waals surface area contributed by atoms with E-state index in [1.807, 2.05) is 0 Å². The molecule has 1 aliphatic rings. The Balaban J connectivity index is 3.31. The van der Waals surface area contributed by atoms with Gasteiger partial charge in [-0.2, -0.15) is 0 Å². The van der Waals surface area contributed by atoms with Gasteiger partial charge in [0.15, 0.2) is 0 Å². The van der Waals surface area contributed by atoms with Gasteiger partial charge in [0.2, 0.25) is 11.8 Å². The molecule has 8 heavy (non-hydrogen) atoms. The third-order valence-electron chi connectivity index (χ3n) is 0.579. The topological polar surface area (TPSA) is 46.2 Å². The third-order valence-corrected chi connectivity index (χ3v) is 0.579. The van der Waals surface area contributed by atoms with Crippen LogP contribution in [0.15, 0.2) is 0 Å². The Kier molecular flexibility index (Phi) is 0.378. The van der Waals surface area contributed by atoms with Crippen molar-refractivity contribution < 1.29 is 17.8 Å². The molecule has 1 saturated heterocycles. The molecule has 1 N–H and O–H groups in total. The van der Waals surface area contributed by atoms with Crippen molar-refractivity contribution in [2.75, 3.05) is 0 Å². The SMILES string of the molecule is [2H]C1([2H])C(=O)NC(=O)C([2H])([2H])C1([2H])[2H]. The molecule has 3 heteroatoms. The second-order valence-electron chi connectivity index (χ2n) is 1.16. The van der Waals surface area contributed by atoms with E-state index in [1.54, 1.807) is 0 Å². The standard InChI is InChI=1S/C5H7NO2/c7-4-2-1-3-5(8)6-4/h1-3H2,(H,6,7,8)/i1D2,2D2,3D2. The van der Waals surface area contributed by atoms with Crippen LogP contribution in [0.5, 0.6) is 0 Å². The van der Waals surface area contributed by atoms with Crippen molar-refractivity contribution in [2.45, 2.75) is 19.1 Å². The van der Waals surface area contributed by atoms with Crippen molar-refractivity contribution in [2.24, 2.45) is 0 Å². The normalized spacial score (nSPS) is 50.5. The van der Waals surface area contributed by atoms with Crippen LogP contribution in [0.3, 0.4) is 0 Å². The fourth-order valence-corrected chi connectivity index (χ4v) is 0.310. The zero-order valence-corrected chi connectivity index (χ0v) is 3.82. The Morgan fingerprint density at radius 1 is 1.38 bits per heavy atom. The average Bonchev–Trinajstić information content (AvgIpc) is 2.01. The van der Waals surface area contributed by atoms with Crippen LogP contribution in [0.2, 0.25) is 0 Å². The van der Waals surface area contributed by atoms with Crippen LogP contribution in [-0.4, -0.2) is 11.8 Å². The lowest BCUT2D eigenvalue weighted by Crippen LogP contribution is -2.33. The molecular formula is C5H7NO2. The van der Waals surface area contributed by atoms with Gasteiger partial charge in [0.25, 0.3) is 0 Å². The van der Waals surface area contributed by atoms with Crippen LogP contribution < -0.4 is 5.32 Å². The monoisotopic (exact) mass is 119 g/mol. The molecule has 0 saturated carbocycles. The van der Waals surface area contributed by atoms with Crippen molar-refractivity contribution in [3.8, 4) is 0 Å². The lowest BCUT2D eigenvalue weighted by molar-refractivity contribution is -0.132. The van der Waals surface area contributed by atoms with E-state index in [-0.39, 0.29) is 0 Å². The Labute approximate surface area is 55.5 Å². The summed E-state index contributed by atoms with van der Waals surface area (Å²) in [5.41, 5.74) is 0. The van der Waals surface area contributed by atoms with Crippen LogP contribution >= 0.6 is 0 Å². The second kappa shape index (κ2) is 1.94. The number of hydrogen-bond acceptors (Lipinski definition) is 2. The highest BCUT2D eigenvalue weighted by atomic mass is 16.2. The molecule has 0 radical (unpaired) electrons. The summed E-state index contributed by atoms with van der Waals surface area (Å²) in [6, 6.07) is 0. The zero-order valence-electron chi connectivity index (χ0n) is 9.82. The lowest BCUT2D eigenvalue weighted by atomic mass is 10.1. The molecule has 0 aliphatic carbocycles. The van der Waals surface area contributed by atoms with Crippen molar-refractivity contribution in [3.05, 3.63) is 0 Å². The number of piperidine rings is 1. The molecule has 1 heterocycles. The molecule has 0 aromatic rings. The van der Waals surface area contributed by atoms with Gasteiger partial charge < -0.3 is 0 Å². The summed E-state index contributed by atoms with van der Waals surface area (Å²) >= 11 is 0. The van der Waals surface area contributed by atoms with Crippen LogP contribution in [0.1, 0.15) is 27.3 Å². The van der Waals surface area contributed by atoms with Gasteiger partial charge in [-0.05, 0) is 6.37 Å². The number of nitrogens with one attached hydrogen (secondary N) is 1. The van der Waals surface area contributed by atoms with Crippen molar-refractivity contribution in [1.82, 2.24) is 5.32 Å². The zero-order chi connectivity index (χ0) is 11.4. The molecule has 0 aromatic carbocycles. The van der Waals surface area contributed by atoms with Crippen molar-refractivity contribution in [1.29, 1.82) is 0 Å². The first-order chi connectivity index (χ1) is 6.05. The molecule has 0 spiro atoms. The summed E-state index contributed by atoms with van der Waals surface area (Å²) in [4.78, 5) is 21.8. The molecule has 1 aliphatic heterocycles. The molecular weight excluding hydrogens is 106 g/mol. The summed E-state index contributed by atoms with van der Waals surface area (Å²) in [6.07, 6.45) is -9.31. The first-order valence-corrected chi connectivity index (χ1v) is 1.91. The molecule has 0 bridgehead atoms. The van der Waals surface area contributed by atoms with Gasteiger partial charge in [-0.15, -0.1) is 0 Å². The highest BCUT2D eigenvalue weighted by Crippen LogP contribution is 2.00. The first-order valence-electron chi connectivity index (χ1n) is 4.91. The molecule has 0 aromatic heterocycles. The fraction of sp³-hybridized carbons (Fsp3) is 0.600. The minimum absolute atomic E-state index is 1.45. The average molecular weight is 119 g/mol. The number of carbonyl (C=O) groups is 2. The minimum atomic E-state index is -3.18. The molecule has 44 valence electrons. The predicted molar refractivity (Wildman–Crippen MR) is 27.0 cm³/mol. The third kappa shape index (κ3) is 1.05. The van der Waals surface area contributed by atoms with Gasteiger partial charge in [0.1, 0.15) is 0 Å². The first kappa shape index (κ1) is 1.56. The maximum Gasteiger partial charge on any atom is 0.226 e. The Bertz CT molecular complexity index is 283. The molecule has 1 fully saturated rings. The van der Waals surface area contributed by atoms with Crippen molar-refractivity contribution in [3.63, 3.8) is 0 Å². The van der Waals surface area contributed by atoms with Gasteiger partial charge in [-0.1, -0.05) is 0 Å². The minimum Gasteiger partial charge on any atom is -0.296 e. The van der Waals surface area contributed by atoms with E-state index in [0.29, 0.717) is 0 Å². The molecule has 2 amide bonds. The van der Waals surface area contributed by atoms with Gasteiger partial charge >= 0.3 is 0 Å². The summed E-state index contributed by atoms with van der Waals surface area (Å²) in [5, 5.41) is 1.45. The summed E-state index contributed by atoms with van der Waals surface area (Å²) in [7, 11) is 0. The molecule has 3 nitrogen and oxygen atoms in total. The number of amides is 2. The van der Waals surface area contributed by atoms with Crippen LogP contribution in [-0.2, 0) is 9.59 Å². The highest BCUT2D eigenvalue weighted by Gasteiger charge is 2.12. The van der Waals surface area contributed by atoms with Gasteiger partial charge in [-0.3, -0.25) is 14.9 Å². The van der Waals surface area contributed by atoms with E-state index in [1.165, 1.54) is 5.32 Å². The summed E-state index contributed by atoms with van der Waals surface area (Å²) < 4.78 is 42.5. The number of rotatable bonds is 0. The molecule has 0 unspecified atom stereocenters. The quantitative estimate of drug-likeness (QED) is 0.449.